The number of ketones is 1. The smallest absolute Gasteiger partial charge is 0.265 e. The molecule has 5 heteroatoms. The highest BCUT2D eigenvalue weighted by Crippen LogP contribution is 2.33. The zero-order valence-corrected chi connectivity index (χ0v) is 16.5. The van der Waals surface area contributed by atoms with Crippen molar-refractivity contribution in [2.24, 2.45) is 0 Å². The Labute approximate surface area is 168 Å². The van der Waals surface area contributed by atoms with Crippen molar-refractivity contribution in [2.45, 2.75) is 29.7 Å². The van der Waals surface area contributed by atoms with Gasteiger partial charge in [-0.05, 0) is 50.2 Å². The van der Waals surface area contributed by atoms with Crippen LogP contribution < -0.4 is 10.1 Å². The molecule has 0 fully saturated rings. The van der Waals surface area contributed by atoms with Crippen LogP contribution in [0.25, 0.3) is 0 Å². The molecule has 4 nitrogen and oxygen atoms in total. The first kappa shape index (κ1) is 19.7. The lowest BCUT2D eigenvalue weighted by molar-refractivity contribution is -0.122. The summed E-state index contributed by atoms with van der Waals surface area (Å²) in [6.45, 7) is 3.18. The van der Waals surface area contributed by atoms with E-state index in [1.807, 2.05) is 54.6 Å². The molecule has 0 aliphatic rings. The second kappa shape index (κ2) is 9.24. The monoisotopic (exact) mass is 391 g/mol. The van der Waals surface area contributed by atoms with Gasteiger partial charge in [0.15, 0.2) is 11.9 Å². The molecular weight excluding hydrogens is 370 g/mol. The van der Waals surface area contributed by atoms with Gasteiger partial charge in [-0.1, -0.05) is 54.2 Å². The summed E-state index contributed by atoms with van der Waals surface area (Å²) in [6.07, 6.45) is -0.711. The Hall–Kier alpha value is -3.05. The second-order valence-corrected chi connectivity index (χ2v) is 7.36. The van der Waals surface area contributed by atoms with Gasteiger partial charge in [-0.15, -0.1) is 0 Å². The topological polar surface area (TPSA) is 55.4 Å². The zero-order chi connectivity index (χ0) is 19.9. The normalized spacial score (nSPS) is 11.5. The lowest BCUT2D eigenvalue weighted by Gasteiger charge is -2.16. The van der Waals surface area contributed by atoms with Crippen LogP contribution >= 0.6 is 11.8 Å². The molecule has 0 spiro atoms. The molecule has 1 N–H and O–H groups in total. The Balaban J connectivity index is 1.69. The minimum atomic E-state index is -0.711. The lowest BCUT2D eigenvalue weighted by atomic mass is 10.1. The molecule has 0 saturated heterocycles. The number of amides is 1. The van der Waals surface area contributed by atoms with Crippen LogP contribution in [0.1, 0.15) is 24.2 Å². The third-order valence-corrected chi connectivity index (χ3v) is 5.12. The molecule has 3 rings (SSSR count). The van der Waals surface area contributed by atoms with E-state index >= 15 is 0 Å². The first-order chi connectivity index (χ1) is 13.5. The molecule has 0 aromatic heterocycles. The number of benzene rings is 3. The maximum atomic E-state index is 12.6. The van der Waals surface area contributed by atoms with Crippen molar-refractivity contribution in [3.63, 3.8) is 0 Å². The standard InChI is InChI=1S/C23H21NO3S/c1-16(25)18-9-8-10-19(15-18)27-17(2)23(26)24-21-13-6-7-14-22(21)28-20-11-4-3-5-12-20/h3-15,17H,1-2H3,(H,24,26)/t17-/m1/s1. The fourth-order valence-corrected chi connectivity index (χ4v) is 3.48. The first-order valence-electron chi connectivity index (χ1n) is 8.93. The van der Waals surface area contributed by atoms with Gasteiger partial charge >= 0.3 is 0 Å². The molecule has 0 heterocycles. The molecule has 0 aliphatic heterocycles. The average Bonchev–Trinajstić information content (AvgIpc) is 2.70. The number of carbonyl (C=O) groups is 2. The Morgan fingerprint density at radius 1 is 0.929 bits per heavy atom. The summed E-state index contributed by atoms with van der Waals surface area (Å²) in [6, 6.07) is 24.5. The van der Waals surface area contributed by atoms with Gasteiger partial charge in [0.2, 0.25) is 0 Å². The van der Waals surface area contributed by atoms with Crippen molar-refractivity contribution in [2.75, 3.05) is 5.32 Å². The number of hydrogen-bond acceptors (Lipinski definition) is 4. The van der Waals surface area contributed by atoms with Gasteiger partial charge in [0.1, 0.15) is 5.75 Å². The number of Topliss-reactive ketones (excluding diaryl/α,β-unsaturated/α-hetero) is 1. The van der Waals surface area contributed by atoms with Crippen molar-refractivity contribution < 1.29 is 14.3 Å². The predicted molar refractivity (Wildman–Crippen MR) is 112 cm³/mol. The summed E-state index contributed by atoms with van der Waals surface area (Å²) in [4.78, 5) is 26.2. The largest absolute Gasteiger partial charge is 0.481 e. The van der Waals surface area contributed by atoms with Crippen LogP contribution in [0, 0.1) is 0 Å². The maximum absolute atomic E-state index is 12.6. The number of nitrogens with one attached hydrogen (secondary N) is 1. The van der Waals surface area contributed by atoms with Crippen molar-refractivity contribution in [3.8, 4) is 5.75 Å². The molecule has 142 valence electrons. The van der Waals surface area contributed by atoms with Gasteiger partial charge in [0.25, 0.3) is 5.91 Å². The Kier molecular flexibility index (Phi) is 6.50. The fourth-order valence-electron chi connectivity index (χ4n) is 2.55. The quantitative estimate of drug-likeness (QED) is 0.545. The number of carbonyl (C=O) groups excluding carboxylic acids is 2. The first-order valence-corrected chi connectivity index (χ1v) is 9.75. The van der Waals surface area contributed by atoms with E-state index in [-0.39, 0.29) is 11.7 Å². The predicted octanol–water partition coefficient (Wildman–Crippen LogP) is 5.45. The van der Waals surface area contributed by atoms with Crippen LogP contribution in [0.15, 0.2) is 88.7 Å². The SMILES string of the molecule is CC(=O)c1cccc(O[C@H](C)C(=O)Nc2ccccc2Sc2ccccc2)c1. The second-order valence-electron chi connectivity index (χ2n) is 6.24. The summed E-state index contributed by atoms with van der Waals surface area (Å²) in [5.74, 6) is 0.186. The summed E-state index contributed by atoms with van der Waals surface area (Å²) >= 11 is 1.58. The van der Waals surface area contributed by atoms with Crippen LogP contribution in [0.2, 0.25) is 0 Å². The molecule has 1 amide bonds. The third kappa shape index (κ3) is 5.24. The molecule has 3 aromatic carbocycles. The minimum Gasteiger partial charge on any atom is -0.481 e. The molecule has 0 unspecified atom stereocenters. The van der Waals surface area contributed by atoms with Crippen LogP contribution in [0.5, 0.6) is 5.75 Å². The van der Waals surface area contributed by atoms with Gasteiger partial charge in [-0.2, -0.15) is 0 Å². The summed E-state index contributed by atoms with van der Waals surface area (Å²) in [7, 11) is 0. The van der Waals surface area contributed by atoms with Crippen molar-refractivity contribution in [1.29, 1.82) is 0 Å². The molecule has 0 radical (unpaired) electrons. The zero-order valence-electron chi connectivity index (χ0n) is 15.7. The number of rotatable bonds is 7. The molecule has 0 saturated carbocycles. The Morgan fingerprint density at radius 3 is 2.39 bits per heavy atom. The van der Waals surface area contributed by atoms with Crippen LogP contribution in [0.4, 0.5) is 5.69 Å². The van der Waals surface area contributed by atoms with Crippen molar-refractivity contribution in [3.05, 3.63) is 84.4 Å². The van der Waals surface area contributed by atoms with E-state index < -0.39 is 6.10 Å². The van der Waals surface area contributed by atoms with E-state index in [4.69, 9.17) is 4.74 Å². The van der Waals surface area contributed by atoms with E-state index in [2.05, 4.69) is 5.32 Å². The van der Waals surface area contributed by atoms with E-state index in [1.165, 1.54) is 6.92 Å². The molecule has 0 aliphatic carbocycles. The van der Waals surface area contributed by atoms with E-state index in [0.29, 0.717) is 11.3 Å². The van der Waals surface area contributed by atoms with E-state index in [9.17, 15) is 9.59 Å². The van der Waals surface area contributed by atoms with Crippen LogP contribution in [-0.4, -0.2) is 17.8 Å². The Morgan fingerprint density at radius 2 is 1.64 bits per heavy atom. The highest BCUT2D eigenvalue weighted by Gasteiger charge is 2.17. The molecule has 0 bridgehead atoms. The highest BCUT2D eigenvalue weighted by atomic mass is 32.2. The summed E-state index contributed by atoms with van der Waals surface area (Å²) in [5, 5.41) is 2.94. The molecular formula is C23H21NO3S. The third-order valence-electron chi connectivity index (χ3n) is 4.04. The van der Waals surface area contributed by atoms with E-state index in [0.717, 1.165) is 15.5 Å². The van der Waals surface area contributed by atoms with Gasteiger partial charge in [-0.3, -0.25) is 9.59 Å². The molecule has 3 aromatic rings. The van der Waals surface area contributed by atoms with Gasteiger partial charge in [0, 0.05) is 15.4 Å². The fraction of sp³-hybridized carbons (Fsp3) is 0.130. The maximum Gasteiger partial charge on any atom is 0.265 e. The van der Waals surface area contributed by atoms with Gasteiger partial charge < -0.3 is 10.1 Å². The number of hydrogen-bond donors (Lipinski definition) is 1. The van der Waals surface area contributed by atoms with Crippen molar-refractivity contribution in [1.82, 2.24) is 0 Å². The summed E-state index contributed by atoms with van der Waals surface area (Å²) < 4.78 is 5.73. The highest BCUT2D eigenvalue weighted by molar-refractivity contribution is 7.99. The van der Waals surface area contributed by atoms with Crippen LogP contribution in [0.3, 0.4) is 0 Å². The number of anilines is 1. The van der Waals surface area contributed by atoms with Crippen LogP contribution in [-0.2, 0) is 4.79 Å². The van der Waals surface area contributed by atoms with E-state index in [1.54, 1.807) is 43.0 Å². The average molecular weight is 391 g/mol. The minimum absolute atomic E-state index is 0.0468. The van der Waals surface area contributed by atoms with Crippen molar-refractivity contribution >= 4 is 29.1 Å². The lowest BCUT2D eigenvalue weighted by Crippen LogP contribution is -2.30. The van der Waals surface area contributed by atoms with Gasteiger partial charge in [0.05, 0.1) is 5.69 Å². The summed E-state index contributed by atoms with van der Waals surface area (Å²) in [5.41, 5.74) is 1.28. The molecule has 1 atom stereocenters. The van der Waals surface area contributed by atoms with Gasteiger partial charge in [-0.25, -0.2) is 0 Å². The number of para-hydroxylation sites is 1. The number of ether oxygens (including phenoxy) is 1. The Bertz CT molecular complexity index is 972. The molecule has 28 heavy (non-hydrogen) atoms.